The molecule has 0 aliphatic carbocycles. The zero-order chi connectivity index (χ0) is 18.4. The maximum absolute atomic E-state index is 12.3. The van der Waals surface area contributed by atoms with Crippen LogP contribution in [0.2, 0.25) is 0 Å². The molecule has 1 aliphatic rings. The number of hydrogen-bond donors (Lipinski definition) is 0. The summed E-state index contributed by atoms with van der Waals surface area (Å²) in [4.78, 5) is 2.51. The van der Waals surface area contributed by atoms with E-state index in [9.17, 15) is 8.42 Å². The number of fused-ring (bicyclic) bond motifs is 1. The van der Waals surface area contributed by atoms with Crippen LogP contribution in [0.1, 0.15) is 25.5 Å². The maximum atomic E-state index is 12.3. The molecule has 0 saturated carbocycles. The predicted octanol–water partition coefficient (Wildman–Crippen LogP) is 2.27. The van der Waals surface area contributed by atoms with Crippen LogP contribution in [0.3, 0.4) is 0 Å². The molecule has 1 aromatic heterocycles. The average molecular weight is 382 g/mol. The molecule has 0 unspecified atom stereocenters. The van der Waals surface area contributed by atoms with Crippen molar-refractivity contribution in [3.63, 3.8) is 0 Å². The van der Waals surface area contributed by atoms with Gasteiger partial charge in [0.2, 0.25) is 10.0 Å². The molecule has 0 fully saturated rings. The second kappa shape index (κ2) is 6.54. The molecule has 0 spiro atoms. The second-order valence-electron chi connectivity index (χ2n) is 6.65. The molecule has 2 aromatic rings. The molecule has 25 heavy (non-hydrogen) atoms. The van der Waals surface area contributed by atoms with Gasteiger partial charge in [-0.2, -0.15) is 5.10 Å². The second-order valence-corrected chi connectivity index (χ2v) is 9.16. The fraction of sp³-hybridized carbons (Fsp3) is 0.500. The highest BCUT2D eigenvalue weighted by atomic mass is 32.2. The number of hydrogen-bond acceptors (Lipinski definition) is 5. The van der Waals surface area contributed by atoms with E-state index in [-0.39, 0.29) is 6.04 Å². The van der Waals surface area contributed by atoms with Crippen LogP contribution in [-0.4, -0.2) is 47.7 Å². The topological polar surface area (TPSA) is 63.4 Å². The maximum Gasteiger partial charge on any atom is 0.242 e. The number of anilines is 1. The van der Waals surface area contributed by atoms with Crippen LogP contribution in [0.4, 0.5) is 5.69 Å². The Hall–Kier alpha value is -1.71. The summed E-state index contributed by atoms with van der Waals surface area (Å²) in [6, 6.07) is 5.59. The van der Waals surface area contributed by atoms with Crippen molar-refractivity contribution in [1.82, 2.24) is 18.7 Å². The summed E-state index contributed by atoms with van der Waals surface area (Å²) in [5, 5.41) is 4.38. The van der Waals surface area contributed by atoms with Gasteiger partial charge in [-0.1, -0.05) is 0 Å². The van der Waals surface area contributed by atoms with E-state index in [4.69, 9.17) is 12.2 Å². The van der Waals surface area contributed by atoms with Gasteiger partial charge in [0, 0.05) is 32.4 Å². The number of rotatable bonds is 5. The zero-order valence-electron chi connectivity index (χ0n) is 14.9. The summed E-state index contributed by atoms with van der Waals surface area (Å²) in [6.45, 7) is 5.52. The molecule has 0 saturated heterocycles. The number of nitrogens with zero attached hydrogens (tertiary/aromatic N) is 5. The fourth-order valence-corrected chi connectivity index (χ4v) is 4.24. The van der Waals surface area contributed by atoms with E-state index in [2.05, 4.69) is 23.8 Å². The summed E-state index contributed by atoms with van der Waals surface area (Å²) in [6.07, 6.45) is 2.57. The first-order valence-corrected chi connectivity index (χ1v) is 10.0. The first kappa shape index (κ1) is 18.1. The van der Waals surface area contributed by atoms with E-state index >= 15 is 0 Å². The minimum Gasteiger partial charge on any atom is -0.351 e. The molecular formula is C16H23N5O2S2. The van der Waals surface area contributed by atoms with Crippen molar-refractivity contribution in [1.29, 1.82) is 0 Å². The first-order chi connectivity index (χ1) is 11.7. The van der Waals surface area contributed by atoms with Gasteiger partial charge >= 0.3 is 0 Å². The van der Waals surface area contributed by atoms with E-state index < -0.39 is 10.0 Å². The van der Waals surface area contributed by atoms with E-state index in [1.54, 1.807) is 37.2 Å². The van der Waals surface area contributed by atoms with Crippen molar-refractivity contribution in [2.45, 2.75) is 37.9 Å². The molecule has 0 bridgehead atoms. The minimum absolute atomic E-state index is 0.269. The smallest absolute Gasteiger partial charge is 0.242 e. The molecule has 7 nitrogen and oxygen atoms in total. The normalized spacial score (nSPS) is 14.6. The van der Waals surface area contributed by atoms with E-state index in [1.165, 1.54) is 4.31 Å². The Bertz CT molecular complexity index is 944. The average Bonchev–Trinajstić information content (AvgIpc) is 3.11. The van der Waals surface area contributed by atoms with Crippen molar-refractivity contribution >= 4 is 27.9 Å². The largest absolute Gasteiger partial charge is 0.351 e. The lowest BCUT2D eigenvalue weighted by Crippen LogP contribution is -2.25. The first-order valence-electron chi connectivity index (χ1n) is 8.16. The molecule has 1 aromatic carbocycles. The third kappa shape index (κ3) is 3.23. The summed E-state index contributed by atoms with van der Waals surface area (Å²) in [5.74, 6) is 0. The lowest BCUT2D eigenvalue weighted by molar-refractivity contribution is 0.520. The van der Waals surface area contributed by atoms with Crippen LogP contribution in [-0.2, 0) is 23.1 Å². The van der Waals surface area contributed by atoms with Crippen LogP contribution in [0.15, 0.2) is 29.4 Å². The van der Waals surface area contributed by atoms with Gasteiger partial charge in [-0.15, -0.1) is 0 Å². The quantitative estimate of drug-likeness (QED) is 0.744. The SMILES string of the molecule is CC(C)n1cnn(CN2CCc3cc(S(=O)(=O)N(C)C)ccc32)c1=S. The van der Waals surface area contributed by atoms with Gasteiger partial charge in [-0.25, -0.2) is 17.4 Å². The lowest BCUT2D eigenvalue weighted by atomic mass is 10.2. The van der Waals surface area contributed by atoms with Crippen LogP contribution >= 0.6 is 12.2 Å². The molecule has 9 heteroatoms. The molecule has 0 atom stereocenters. The van der Waals surface area contributed by atoms with Crippen molar-refractivity contribution in [3.05, 3.63) is 34.9 Å². The monoisotopic (exact) mass is 381 g/mol. The Morgan fingerprint density at radius 3 is 2.64 bits per heavy atom. The van der Waals surface area contributed by atoms with Crippen LogP contribution in [0.25, 0.3) is 0 Å². The summed E-state index contributed by atoms with van der Waals surface area (Å²) in [5.41, 5.74) is 2.08. The van der Waals surface area contributed by atoms with Gasteiger partial charge in [0.05, 0.1) is 4.90 Å². The molecule has 0 N–H and O–H groups in total. The van der Waals surface area contributed by atoms with Crippen molar-refractivity contribution in [2.24, 2.45) is 0 Å². The minimum atomic E-state index is -3.41. The van der Waals surface area contributed by atoms with Gasteiger partial charge in [-0.05, 0) is 56.2 Å². The third-order valence-electron chi connectivity index (χ3n) is 4.44. The fourth-order valence-electron chi connectivity index (χ4n) is 2.93. The number of aromatic nitrogens is 3. The van der Waals surface area contributed by atoms with E-state index in [0.717, 1.165) is 24.2 Å². The molecule has 1 aliphatic heterocycles. The summed E-state index contributed by atoms with van der Waals surface area (Å²) < 4.78 is 30.3. The van der Waals surface area contributed by atoms with Crippen LogP contribution in [0.5, 0.6) is 0 Å². The Morgan fingerprint density at radius 1 is 1.32 bits per heavy atom. The van der Waals surface area contributed by atoms with E-state index in [0.29, 0.717) is 16.3 Å². The zero-order valence-corrected chi connectivity index (χ0v) is 16.5. The van der Waals surface area contributed by atoms with Gasteiger partial charge in [0.15, 0.2) is 4.77 Å². The third-order valence-corrected chi connectivity index (χ3v) is 6.67. The molecular weight excluding hydrogens is 358 g/mol. The van der Waals surface area contributed by atoms with Crippen LogP contribution in [0, 0.1) is 4.77 Å². The van der Waals surface area contributed by atoms with Crippen molar-refractivity contribution < 1.29 is 8.42 Å². The highest BCUT2D eigenvalue weighted by Crippen LogP contribution is 2.31. The summed E-state index contributed by atoms with van der Waals surface area (Å²) >= 11 is 5.49. The van der Waals surface area contributed by atoms with Gasteiger partial charge in [0.25, 0.3) is 0 Å². The Kier molecular flexibility index (Phi) is 4.74. The standard InChI is InChI=1S/C16H23N5O2S2/c1-12(2)20-10-17-21(16(20)24)11-19-8-7-13-9-14(5-6-15(13)19)25(22,23)18(3)4/h5-6,9-10,12H,7-8,11H2,1-4H3. The van der Waals surface area contributed by atoms with Crippen molar-refractivity contribution in [2.75, 3.05) is 25.5 Å². The molecule has 3 rings (SSSR count). The Labute approximate surface area is 153 Å². The lowest BCUT2D eigenvalue weighted by Gasteiger charge is -2.20. The predicted molar refractivity (Wildman–Crippen MR) is 99.8 cm³/mol. The van der Waals surface area contributed by atoms with E-state index in [1.807, 2.05) is 10.6 Å². The highest BCUT2D eigenvalue weighted by Gasteiger charge is 2.24. The molecule has 2 heterocycles. The van der Waals surface area contributed by atoms with Gasteiger partial charge < -0.3 is 9.47 Å². The molecule has 136 valence electrons. The highest BCUT2D eigenvalue weighted by molar-refractivity contribution is 7.89. The Morgan fingerprint density at radius 2 is 2.04 bits per heavy atom. The van der Waals surface area contributed by atoms with Crippen molar-refractivity contribution in [3.8, 4) is 0 Å². The Balaban J connectivity index is 1.87. The molecule has 0 radical (unpaired) electrons. The molecule has 0 amide bonds. The van der Waals surface area contributed by atoms with Crippen LogP contribution < -0.4 is 4.90 Å². The number of benzene rings is 1. The van der Waals surface area contributed by atoms with Gasteiger partial charge in [0.1, 0.15) is 13.0 Å². The number of sulfonamides is 1. The van der Waals surface area contributed by atoms with Gasteiger partial charge in [-0.3, -0.25) is 0 Å². The summed E-state index contributed by atoms with van der Waals surface area (Å²) in [7, 11) is -0.324.